The highest BCUT2D eigenvalue weighted by Crippen LogP contribution is 2.49. The molecule has 3 rings (SSSR count). The molecule has 104 valence electrons. The highest BCUT2D eigenvalue weighted by Gasteiger charge is 2.40. The summed E-state index contributed by atoms with van der Waals surface area (Å²) >= 11 is 0. The maximum Gasteiger partial charge on any atom is 0.0992 e. The zero-order valence-corrected chi connectivity index (χ0v) is 12.2. The summed E-state index contributed by atoms with van der Waals surface area (Å²) in [5.41, 5.74) is 3.25. The Balaban J connectivity index is 1.78. The molecule has 2 aromatic rings. The van der Waals surface area contributed by atoms with Crippen LogP contribution in [-0.2, 0) is 0 Å². The highest BCUT2D eigenvalue weighted by molar-refractivity contribution is 5.85. The van der Waals surface area contributed by atoms with E-state index in [2.05, 4.69) is 42.1 Å². The number of nitrogens with one attached hydrogen (secondary N) is 1. The molecule has 1 heterocycles. The van der Waals surface area contributed by atoms with Crippen LogP contribution in [0.4, 0.5) is 0 Å². The molecule has 3 nitrogen and oxygen atoms in total. The lowest BCUT2D eigenvalue weighted by molar-refractivity contribution is 0.289. The van der Waals surface area contributed by atoms with Crippen molar-refractivity contribution in [3.63, 3.8) is 0 Å². The molecule has 1 N–H and O–H groups in total. The van der Waals surface area contributed by atoms with Gasteiger partial charge in [0.25, 0.3) is 0 Å². The topological polar surface area (TPSA) is 42.8 Å². The molecule has 1 aliphatic carbocycles. The van der Waals surface area contributed by atoms with Crippen molar-refractivity contribution in [2.45, 2.75) is 26.2 Å². The minimum Gasteiger partial charge on any atom is -0.361 e. The number of rotatable bonds is 5. The molecule has 0 bridgehead atoms. The summed E-state index contributed by atoms with van der Waals surface area (Å²) in [5.74, 6) is 1.49. The standard InChI is InChI=1S/C17H21N3/c1-3-20(4-2)11-13-8-15(13)16-10-19-17-7-12(9-18)5-6-14(16)17/h5-7,10,13,15,19H,3-4,8,11H2,1-2H3/t13-,15+/m1/s1. The zero-order chi connectivity index (χ0) is 14.1. The molecule has 1 aromatic carbocycles. The first-order valence-electron chi connectivity index (χ1n) is 7.50. The van der Waals surface area contributed by atoms with Crippen molar-refractivity contribution in [3.05, 3.63) is 35.5 Å². The van der Waals surface area contributed by atoms with Gasteiger partial charge in [0.05, 0.1) is 11.6 Å². The van der Waals surface area contributed by atoms with E-state index in [1.165, 1.54) is 23.9 Å². The molecule has 0 amide bonds. The smallest absolute Gasteiger partial charge is 0.0992 e. The molecule has 1 saturated carbocycles. The molecule has 0 spiro atoms. The third-order valence-electron chi connectivity index (χ3n) is 4.55. The van der Waals surface area contributed by atoms with Crippen LogP contribution in [-0.4, -0.2) is 29.5 Å². The molecular formula is C17H21N3. The number of hydrogen-bond donors (Lipinski definition) is 1. The number of benzene rings is 1. The van der Waals surface area contributed by atoms with Gasteiger partial charge in [-0.3, -0.25) is 0 Å². The van der Waals surface area contributed by atoms with Gasteiger partial charge in [0.1, 0.15) is 0 Å². The molecule has 2 atom stereocenters. The van der Waals surface area contributed by atoms with Crippen molar-refractivity contribution in [2.24, 2.45) is 5.92 Å². The van der Waals surface area contributed by atoms with E-state index in [1.54, 1.807) is 0 Å². The van der Waals surface area contributed by atoms with E-state index in [9.17, 15) is 0 Å². The lowest BCUT2D eigenvalue weighted by Gasteiger charge is -2.17. The molecular weight excluding hydrogens is 246 g/mol. The van der Waals surface area contributed by atoms with Crippen molar-refractivity contribution in [3.8, 4) is 6.07 Å². The van der Waals surface area contributed by atoms with Gasteiger partial charge >= 0.3 is 0 Å². The maximum absolute atomic E-state index is 8.95. The van der Waals surface area contributed by atoms with Crippen LogP contribution in [0.25, 0.3) is 10.9 Å². The second-order valence-electron chi connectivity index (χ2n) is 5.70. The predicted octanol–water partition coefficient (Wildman–Crippen LogP) is 3.48. The third-order valence-corrected chi connectivity index (χ3v) is 4.55. The number of H-pyrrole nitrogens is 1. The van der Waals surface area contributed by atoms with Crippen LogP contribution in [0, 0.1) is 17.2 Å². The Bertz CT molecular complexity index is 646. The minimum absolute atomic E-state index is 0.692. The summed E-state index contributed by atoms with van der Waals surface area (Å²) in [7, 11) is 0. The van der Waals surface area contributed by atoms with Crippen LogP contribution < -0.4 is 0 Å². The Kier molecular flexibility index (Phi) is 3.50. The summed E-state index contributed by atoms with van der Waals surface area (Å²) in [6, 6.07) is 8.15. The lowest BCUT2D eigenvalue weighted by atomic mass is 10.1. The largest absolute Gasteiger partial charge is 0.361 e. The van der Waals surface area contributed by atoms with E-state index in [-0.39, 0.29) is 0 Å². The maximum atomic E-state index is 8.95. The first kappa shape index (κ1) is 13.2. The average molecular weight is 267 g/mol. The summed E-state index contributed by atoms with van der Waals surface area (Å²) in [6.45, 7) is 7.95. The Morgan fingerprint density at radius 1 is 1.35 bits per heavy atom. The fourth-order valence-electron chi connectivity index (χ4n) is 3.17. The van der Waals surface area contributed by atoms with Gasteiger partial charge in [-0.1, -0.05) is 19.9 Å². The first-order chi connectivity index (χ1) is 9.76. The molecule has 1 aromatic heterocycles. The summed E-state index contributed by atoms with van der Waals surface area (Å²) in [4.78, 5) is 5.83. The van der Waals surface area contributed by atoms with Crippen molar-refractivity contribution in [1.29, 1.82) is 5.26 Å². The van der Waals surface area contributed by atoms with Crippen molar-refractivity contribution in [2.75, 3.05) is 19.6 Å². The average Bonchev–Trinajstić information content (AvgIpc) is 3.12. The highest BCUT2D eigenvalue weighted by atomic mass is 15.1. The minimum atomic E-state index is 0.692. The zero-order valence-electron chi connectivity index (χ0n) is 12.2. The van der Waals surface area contributed by atoms with Crippen LogP contribution in [0.2, 0.25) is 0 Å². The first-order valence-corrected chi connectivity index (χ1v) is 7.50. The SMILES string of the molecule is CCN(CC)C[C@H]1C[C@@H]1c1c[nH]c2cc(C#N)ccc12. The van der Waals surface area contributed by atoms with Gasteiger partial charge in [0.15, 0.2) is 0 Å². The van der Waals surface area contributed by atoms with E-state index in [1.807, 2.05) is 12.1 Å². The van der Waals surface area contributed by atoms with E-state index in [4.69, 9.17) is 5.26 Å². The van der Waals surface area contributed by atoms with Crippen LogP contribution in [0.1, 0.15) is 37.3 Å². The van der Waals surface area contributed by atoms with Crippen molar-refractivity contribution >= 4 is 10.9 Å². The van der Waals surface area contributed by atoms with Crippen LogP contribution >= 0.6 is 0 Å². The summed E-state index contributed by atoms with van der Waals surface area (Å²) < 4.78 is 0. The van der Waals surface area contributed by atoms with Gasteiger partial charge in [-0.15, -0.1) is 0 Å². The van der Waals surface area contributed by atoms with Gasteiger partial charge in [-0.25, -0.2) is 0 Å². The Labute approximate surface area is 120 Å². The monoisotopic (exact) mass is 267 g/mol. The van der Waals surface area contributed by atoms with Gasteiger partial charge in [-0.2, -0.15) is 5.26 Å². The molecule has 1 aliphatic rings. The van der Waals surface area contributed by atoms with Gasteiger partial charge in [0.2, 0.25) is 0 Å². The molecule has 20 heavy (non-hydrogen) atoms. The quantitative estimate of drug-likeness (QED) is 0.901. The predicted molar refractivity (Wildman–Crippen MR) is 81.6 cm³/mol. The molecule has 0 aliphatic heterocycles. The number of aromatic nitrogens is 1. The van der Waals surface area contributed by atoms with E-state index >= 15 is 0 Å². The summed E-state index contributed by atoms with van der Waals surface area (Å²) in [5, 5.41) is 10.2. The number of fused-ring (bicyclic) bond motifs is 1. The molecule has 0 radical (unpaired) electrons. The van der Waals surface area contributed by atoms with Crippen LogP contribution in [0.3, 0.4) is 0 Å². The van der Waals surface area contributed by atoms with E-state index in [0.717, 1.165) is 30.1 Å². The Morgan fingerprint density at radius 2 is 2.15 bits per heavy atom. The fraction of sp³-hybridized carbons (Fsp3) is 0.471. The molecule has 0 saturated heterocycles. The Morgan fingerprint density at radius 3 is 2.85 bits per heavy atom. The molecule has 0 unspecified atom stereocenters. The fourth-order valence-corrected chi connectivity index (χ4v) is 3.17. The van der Waals surface area contributed by atoms with Gasteiger partial charge in [-0.05, 0) is 49.0 Å². The third kappa shape index (κ3) is 2.32. The van der Waals surface area contributed by atoms with Gasteiger partial charge in [0, 0.05) is 23.6 Å². The second-order valence-corrected chi connectivity index (χ2v) is 5.70. The number of nitriles is 1. The van der Waals surface area contributed by atoms with Crippen LogP contribution in [0.5, 0.6) is 0 Å². The van der Waals surface area contributed by atoms with Gasteiger partial charge < -0.3 is 9.88 Å². The summed E-state index contributed by atoms with van der Waals surface area (Å²) in [6.07, 6.45) is 3.43. The molecule has 3 heteroatoms. The van der Waals surface area contributed by atoms with E-state index < -0.39 is 0 Å². The van der Waals surface area contributed by atoms with E-state index in [0.29, 0.717) is 5.92 Å². The lowest BCUT2D eigenvalue weighted by Crippen LogP contribution is -2.25. The Hall–Kier alpha value is -1.79. The van der Waals surface area contributed by atoms with Crippen molar-refractivity contribution < 1.29 is 0 Å². The number of hydrogen-bond acceptors (Lipinski definition) is 2. The number of aromatic amines is 1. The molecule has 1 fully saturated rings. The van der Waals surface area contributed by atoms with Crippen LogP contribution in [0.15, 0.2) is 24.4 Å². The number of nitrogens with zero attached hydrogens (tertiary/aromatic N) is 2. The normalized spacial score (nSPS) is 21.3. The van der Waals surface area contributed by atoms with Crippen molar-refractivity contribution in [1.82, 2.24) is 9.88 Å². The second kappa shape index (κ2) is 5.30.